The second-order valence-corrected chi connectivity index (χ2v) is 4.18. The molecule has 1 atom stereocenters. The summed E-state index contributed by atoms with van der Waals surface area (Å²) in [7, 11) is 0. The Morgan fingerprint density at radius 1 is 1.24 bits per heavy atom. The standard InChI is InChI=1S/C12H15ClF2O2/c13-10-3-1-9(2-4-10)7-11(16)5-6-17-8-12(14)15/h1-4,11-12,16H,5-8H2. The summed E-state index contributed by atoms with van der Waals surface area (Å²) in [5, 5.41) is 10.3. The summed E-state index contributed by atoms with van der Waals surface area (Å²) >= 11 is 5.73. The van der Waals surface area contributed by atoms with E-state index in [9.17, 15) is 13.9 Å². The lowest BCUT2D eigenvalue weighted by molar-refractivity contribution is 0.00512. The van der Waals surface area contributed by atoms with E-state index in [1.165, 1.54) is 0 Å². The Hall–Kier alpha value is -0.710. The molecule has 0 heterocycles. The number of aliphatic hydroxyl groups is 1. The molecule has 17 heavy (non-hydrogen) atoms. The Morgan fingerprint density at radius 2 is 1.88 bits per heavy atom. The zero-order chi connectivity index (χ0) is 12.7. The van der Waals surface area contributed by atoms with E-state index in [2.05, 4.69) is 0 Å². The fourth-order valence-corrected chi connectivity index (χ4v) is 1.51. The summed E-state index contributed by atoms with van der Waals surface area (Å²) in [4.78, 5) is 0. The van der Waals surface area contributed by atoms with Crippen molar-refractivity contribution in [2.75, 3.05) is 13.2 Å². The van der Waals surface area contributed by atoms with E-state index in [-0.39, 0.29) is 6.61 Å². The van der Waals surface area contributed by atoms with E-state index >= 15 is 0 Å². The van der Waals surface area contributed by atoms with Crippen molar-refractivity contribution >= 4 is 11.6 Å². The van der Waals surface area contributed by atoms with Gasteiger partial charge in [-0.3, -0.25) is 0 Å². The molecule has 96 valence electrons. The minimum absolute atomic E-state index is 0.138. The molecule has 1 aromatic carbocycles. The lowest BCUT2D eigenvalue weighted by Crippen LogP contribution is -2.15. The largest absolute Gasteiger partial charge is 0.393 e. The summed E-state index contributed by atoms with van der Waals surface area (Å²) < 4.78 is 28.2. The van der Waals surface area contributed by atoms with Gasteiger partial charge in [0.25, 0.3) is 6.43 Å². The van der Waals surface area contributed by atoms with Crippen LogP contribution in [0.3, 0.4) is 0 Å². The maximum atomic E-state index is 11.7. The van der Waals surface area contributed by atoms with Crippen LogP contribution in [0.15, 0.2) is 24.3 Å². The molecular weight excluding hydrogens is 250 g/mol. The van der Waals surface area contributed by atoms with Crippen LogP contribution in [0.1, 0.15) is 12.0 Å². The SMILES string of the molecule is OC(CCOCC(F)F)Cc1ccc(Cl)cc1. The number of alkyl halides is 2. The average Bonchev–Trinajstić information content (AvgIpc) is 2.27. The quantitative estimate of drug-likeness (QED) is 0.768. The molecule has 5 heteroatoms. The van der Waals surface area contributed by atoms with Gasteiger partial charge in [-0.05, 0) is 30.5 Å². The molecule has 0 radical (unpaired) electrons. The molecule has 0 aliphatic rings. The van der Waals surface area contributed by atoms with E-state index in [1.807, 2.05) is 12.1 Å². The minimum atomic E-state index is -2.46. The molecule has 0 amide bonds. The number of rotatable bonds is 7. The second kappa shape index (κ2) is 7.58. The minimum Gasteiger partial charge on any atom is -0.393 e. The van der Waals surface area contributed by atoms with E-state index in [4.69, 9.17) is 16.3 Å². The third kappa shape index (κ3) is 6.56. The van der Waals surface area contributed by atoms with Gasteiger partial charge in [0.05, 0.1) is 6.10 Å². The highest BCUT2D eigenvalue weighted by Crippen LogP contribution is 2.12. The van der Waals surface area contributed by atoms with Gasteiger partial charge in [0, 0.05) is 11.6 Å². The Bertz CT molecular complexity index is 317. The summed E-state index contributed by atoms with van der Waals surface area (Å²) in [6, 6.07) is 7.14. The Morgan fingerprint density at radius 3 is 2.47 bits per heavy atom. The molecular formula is C12H15ClF2O2. The molecule has 2 nitrogen and oxygen atoms in total. The van der Waals surface area contributed by atoms with Crippen molar-refractivity contribution in [1.29, 1.82) is 0 Å². The second-order valence-electron chi connectivity index (χ2n) is 3.74. The molecule has 0 spiro atoms. The fourth-order valence-electron chi connectivity index (χ4n) is 1.39. The third-order valence-electron chi connectivity index (χ3n) is 2.22. The van der Waals surface area contributed by atoms with Crippen LogP contribution in [-0.2, 0) is 11.2 Å². The molecule has 1 unspecified atom stereocenters. The number of benzene rings is 1. The number of hydrogen-bond acceptors (Lipinski definition) is 2. The fraction of sp³-hybridized carbons (Fsp3) is 0.500. The molecule has 1 rings (SSSR count). The predicted octanol–water partition coefficient (Wildman–Crippen LogP) is 2.92. The summed E-state index contributed by atoms with van der Waals surface area (Å²) in [5.74, 6) is 0. The summed E-state index contributed by atoms with van der Waals surface area (Å²) in [5.41, 5.74) is 0.954. The molecule has 0 saturated heterocycles. The highest BCUT2D eigenvalue weighted by atomic mass is 35.5. The number of aliphatic hydroxyl groups excluding tert-OH is 1. The number of halogens is 3. The highest BCUT2D eigenvalue weighted by molar-refractivity contribution is 6.30. The van der Waals surface area contributed by atoms with Gasteiger partial charge in [-0.2, -0.15) is 0 Å². The molecule has 0 aliphatic heterocycles. The van der Waals surface area contributed by atoms with Crippen molar-refractivity contribution in [3.63, 3.8) is 0 Å². The van der Waals surface area contributed by atoms with Crippen molar-refractivity contribution in [1.82, 2.24) is 0 Å². The van der Waals surface area contributed by atoms with Crippen LogP contribution < -0.4 is 0 Å². The zero-order valence-corrected chi connectivity index (χ0v) is 10.0. The van der Waals surface area contributed by atoms with Crippen LogP contribution in [-0.4, -0.2) is 30.8 Å². The number of hydrogen-bond donors (Lipinski definition) is 1. The van der Waals surface area contributed by atoms with Crippen molar-refractivity contribution < 1.29 is 18.6 Å². The van der Waals surface area contributed by atoms with E-state index < -0.39 is 19.1 Å². The first kappa shape index (κ1) is 14.4. The molecule has 1 N–H and O–H groups in total. The maximum absolute atomic E-state index is 11.7. The molecule has 0 aromatic heterocycles. The third-order valence-corrected chi connectivity index (χ3v) is 2.48. The van der Waals surface area contributed by atoms with E-state index in [0.29, 0.717) is 17.9 Å². The van der Waals surface area contributed by atoms with Gasteiger partial charge in [0.2, 0.25) is 0 Å². The topological polar surface area (TPSA) is 29.5 Å². The van der Waals surface area contributed by atoms with Crippen LogP contribution in [0.4, 0.5) is 8.78 Å². The van der Waals surface area contributed by atoms with E-state index in [1.54, 1.807) is 12.1 Å². The van der Waals surface area contributed by atoms with Gasteiger partial charge in [-0.25, -0.2) is 8.78 Å². The van der Waals surface area contributed by atoms with Crippen LogP contribution in [0, 0.1) is 0 Å². The predicted molar refractivity (Wildman–Crippen MR) is 62.6 cm³/mol. The molecule has 0 aliphatic carbocycles. The van der Waals surface area contributed by atoms with Crippen LogP contribution in [0.25, 0.3) is 0 Å². The Labute approximate surface area is 104 Å². The van der Waals surface area contributed by atoms with Crippen LogP contribution >= 0.6 is 11.6 Å². The first-order valence-corrected chi connectivity index (χ1v) is 5.74. The highest BCUT2D eigenvalue weighted by Gasteiger charge is 2.07. The zero-order valence-electron chi connectivity index (χ0n) is 9.28. The molecule has 0 saturated carbocycles. The van der Waals surface area contributed by atoms with Gasteiger partial charge in [-0.15, -0.1) is 0 Å². The van der Waals surface area contributed by atoms with Gasteiger partial charge >= 0.3 is 0 Å². The maximum Gasteiger partial charge on any atom is 0.261 e. The van der Waals surface area contributed by atoms with Crippen LogP contribution in [0.2, 0.25) is 5.02 Å². The molecule has 0 fully saturated rings. The lowest BCUT2D eigenvalue weighted by Gasteiger charge is -2.11. The average molecular weight is 265 g/mol. The molecule has 1 aromatic rings. The summed E-state index contributed by atoms with van der Waals surface area (Å²) in [6.45, 7) is -0.438. The van der Waals surface area contributed by atoms with Crippen LogP contribution in [0.5, 0.6) is 0 Å². The van der Waals surface area contributed by atoms with E-state index in [0.717, 1.165) is 5.56 Å². The van der Waals surface area contributed by atoms with Gasteiger partial charge < -0.3 is 9.84 Å². The van der Waals surface area contributed by atoms with Gasteiger partial charge in [0.1, 0.15) is 6.61 Å². The van der Waals surface area contributed by atoms with Crippen molar-refractivity contribution in [2.24, 2.45) is 0 Å². The normalized spacial score (nSPS) is 13.0. The van der Waals surface area contributed by atoms with Crippen molar-refractivity contribution in [3.05, 3.63) is 34.9 Å². The van der Waals surface area contributed by atoms with Gasteiger partial charge in [-0.1, -0.05) is 23.7 Å². The molecule has 0 bridgehead atoms. The first-order valence-electron chi connectivity index (χ1n) is 5.36. The van der Waals surface area contributed by atoms with Gasteiger partial charge in [0.15, 0.2) is 0 Å². The number of ether oxygens (including phenoxy) is 1. The van der Waals surface area contributed by atoms with Crippen molar-refractivity contribution in [2.45, 2.75) is 25.4 Å². The first-order chi connectivity index (χ1) is 8.08. The summed E-state index contributed by atoms with van der Waals surface area (Å²) in [6.07, 6.45) is -2.23. The smallest absolute Gasteiger partial charge is 0.261 e. The van der Waals surface area contributed by atoms with Crippen molar-refractivity contribution in [3.8, 4) is 0 Å². The monoisotopic (exact) mass is 264 g/mol. The Kier molecular flexibility index (Phi) is 6.40. The lowest BCUT2D eigenvalue weighted by atomic mass is 10.1. The Balaban J connectivity index is 2.20.